The van der Waals surface area contributed by atoms with Crippen molar-refractivity contribution in [2.24, 2.45) is 5.92 Å². The highest BCUT2D eigenvalue weighted by Crippen LogP contribution is 2.32. The van der Waals surface area contributed by atoms with Gasteiger partial charge in [-0.3, -0.25) is 0 Å². The van der Waals surface area contributed by atoms with Gasteiger partial charge in [-0.1, -0.05) is 18.2 Å². The summed E-state index contributed by atoms with van der Waals surface area (Å²) in [5, 5.41) is 10.2. The number of nitrogens with zero attached hydrogens (tertiary/aromatic N) is 2. The van der Waals surface area contributed by atoms with Crippen LogP contribution >= 0.6 is 0 Å². The minimum atomic E-state index is -0.109. The molecule has 0 bridgehead atoms. The topological polar surface area (TPSA) is 59.0 Å². The Labute approximate surface area is 124 Å². The average molecular weight is 284 g/mol. The van der Waals surface area contributed by atoms with Crippen molar-refractivity contribution in [1.29, 1.82) is 0 Å². The number of carbonyl (C=O) groups is 1. The van der Waals surface area contributed by atoms with Gasteiger partial charge in [0.15, 0.2) is 0 Å². The normalized spacial score (nSPS) is 15.5. The van der Waals surface area contributed by atoms with Crippen LogP contribution in [0.4, 0.5) is 4.79 Å². The van der Waals surface area contributed by atoms with Crippen molar-refractivity contribution in [3.63, 3.8) is 0 Å². The van der Waals surface area contributed by atoms with Crippen LogP contribution in [0.25, 0.3) is 5.69 Å². The number of benzene rings is 1. The second-order valence-corrected chi connectivity index (χ2v) is 5.58. The lowest BCUT2D eigenvalue weighted by Crippen LogP contribution is -2.41. The fourth-order valence-electron chi connectivity index (χ4n) is 2.33. The van der Waals surface area contributed by atoms with Crippen molar-refractivity contribution in [2.75, 3.05) is 0 Å². The van der Waals surface area contributed by atoms with Gasteiger partial charge >= 0.3 is 6.03 Å². The third kappa shape index (κ3) is 3.62. The highest BCUT2D eigenvalue weighted by molar-refractivity contribution is 5.74. The van der Waals surface area contributed by atoms with Crippen LogP contribution in [0.3, 0.4) is 0 Å². The van der Waals surface area contributed by atoms with Crippen molar-refractivity contribution in [3.05, 3.63) is 48.3 Å². The van der Waals surface area contributed by atoms with E-state index >= 15 is 0 Å². The molecule has 1 fully saturated rings. The summed E-state index contributed by atoms with van der Waals surface area (Å²) in [5.41, 5.74) is 1.99. The Hall–Kier alpha value is -2.30. The number of nitrogens with one attached hydrogen (secondary N) is 2. The van der Waals surface area contributed by atoms with E-state index in [1.165, 1.54) is 12.8 Å². The van der Waals surface area contributed by atoms with E-state index in [1.54, 1.807) is 6.20 Å². The summed E-state index contributed by atoms with van der Waals surface area (Å²) in [6, 6.07) is 10.1. The summed E-state index contributed by atoms with van der Waals surface area (Å²) >= 11 is 0. The van der Waals surface area contributed by atoms with Gasteiger partial charge in [-0.15, -0.1) is 0 Å². The van der Waals surface area contributed by atoms with Crippen LogP contribution in [0.15, 0.2) is 42.7 Å². The van der Waals surface area contributed by atoms with Gasteiger partial charge in [-0.25, -0.2) is 9.48 Å². The van der Waals surface area contributed by atoms with Crippen molar-refractivity contribution >= 4 is 6.03 Å². The van der Waals surface area contributed by atoms with Gasteiger partial charge in [0.25, 0.3) is 0 Å². The van der Waals surface area contributed by atoms with Gasteiger partial charge in [0.2, 0.25) is 0 Å². The van der Waals surface area contributed by atoms with Gasteiger partial charge in [-0.2, -0.15) is 5.10 Å². The predicted molar refractivity (Wildman–Crippen MR) is 81.1 cm³/mol. The molecule has 3 rings (SSSR count). The van der Waals surface area contributed by atoms with Crippen LogP contribution in [0.2, 0.25) is 0 Å². The van der Waals surface area contributed by atoms with Crippen LogP contribution in [-0.2, 0) is 6.54 Å². The van der Waals surface area contributed by atoms with Crippen molar-refractivity contribution in [3.8, 4) is 5.69 Å². The van der Waals surface area contributed by atoms with Crippen LogP contribution in [0.5, 0.6) is 0 Å². The van der Waals surface area contributed by atoms with E-state index in [2.05, 4.69) is 22.7 Å². The Kier molecular flexibility index (Phi) is 3.90. The molecule has 1 saturated carbocycles. The maximum absolute atomic E-state index is 11.8. The Morgan fingerprint density at radius 3 is 2.86 bits per heavy atom. The summed E-state index contributed by atoms with van der Waals surface area (Å²) in [6.07, 6.45) is 6.16. The minimum absolute atomic E-state index is 0.109. The summed E-state index contributed by atoms with van der Waals surface area (Å²) in [6.45, 7) is 2.54. The third-order valence-electron chi connectivity index (χ3n) is 3.80. The summed E-state index contributed by atoms with van der Waals surface area (Å²) in [5.74, 6) is 0.664. The standard InChI is InChI=1S/C16H20N4O/c1-12(14-7-8-14)19-16(21)17-9-13-10-18-20(11-13)15-5-3-2-4-6-15/h2-6,10-12,14H,7-9H2,1H3,(H2,17,19,21). The highest BCUT2D eigenvalue weighted by Gasteiger charge is 2.28. The summed E-state index contributed by atoms with van der Waals surface area (Å²) in [7, 11) is 0. The van der Waals surface area contributed by atoms with E-state index in [0.29, 0.717) is 12.5 Å². The lowest BCUT2D eigenvalue weighted by atomic mass is 10.2. The van der Waals surface area contributed by atoms with E-state index < -0.39 is 0 Å². The van der Waals surface area contributed by atoms with Gasteiger partial charge in [0.1, 0.15) is 0 Å². The van der Waals surface area contributed by atoms with Crippen LogP contribution in [0.1, 0.15) is 25.3 Å². The Morgan fingerprint density at radius 1 is 1.38 bits per heavy atom. The molecule has 5 heteroatoms. The van der Waals surface area contributed by atoms with Gasteiger partial charge in [-0.05, 0) is 37.8 Å². The summed E-state index contributed by atoms with van der Waals surface area (Å²) in [4.78, 5) is 11.8. The second-order valence-electron chi connectivity index (χ2n) is 5.58. The Balaban J connectivity index is 1.51. The third-order valence-corrected chi connectivity index (χ3v) is 3.80. The minimum Gasteiger partial charge on any atom is -0.335 e. The number of hydrogen-bond donors (Lipinski definition) is 2. The zero-order valence-electron chi connectivity index (χ0n) is 12.1. The van der Waals surface area contributed by atoms with Crippen molar-refractivity contribution < 1.29 is 4.79 Å². The fourth-order valence-corrected chi connectivity index (χ4v) is 2.33. The molecule has 1 aromatic carbocycles. The van der Waals surface area contributed by atoms with E-state index in [9.17, 15) is 4.79 Å². The molecule has 2 aromatic rings. The van der Waals surface area contributed by atoms with E-state index in [0.717, 1.165) is 11.3 Å². The molecule has 110 valence electrons. The SMILES string of the molecule is CC(NC(=O)NCc1cnn(-c2ccccc2)c1)C1CC1. The highest BCUT2D eigenvalue weighted by atomic mass is 16.2. The zero-order valence-corrected chi connectivity index (χ0v) is 12.1. The number of urea groups is 1. The Morgan fingerprint density at radius 2 is 2.14 bits per heavy atom. The lowest BCUT2D eigenvalue weighted by molar-refractivity contribution is 0.236. The molecule has 1 atom stereocenters. The molecule has 0 spiro atoms. The molecule has 1 unspecified atom stereocenters. The zero-order chi connectivity index (χ0) is 14.7. The first kappa shape index (κ1) is 13.7. The largest absolute Gasteiger partial charge is 0.335 e. The van der Waals surface area contributed by atoms with Crippen LogP contribution < -0.4 is 10.6 Å². The lowest BCUT2D eigenvalue weighted by Gasteiger charge is -2.13. The molecule has 2 amide bonds. The average Bonchev–Trinajstić information content (AvgIpc) is 3.25. The molecular weight excluding hydrogens is 264 g/mol. The number of carbonyl (C=O) groups excluding carboxylic acids is 1. The number of amides is 2. The molecule has 5 nitrogen and oxygen atoms in total. The molecule has 0 radical (unpaired) electrons. The molecule has 0 saturated heterocycles. The Bertz CT molecular complexity index is 604. The van der Waals surface area contributed by atoms with Gasteiger partial charge < -0.3 is 10.6 Å². The van der Waals surface area contributed by atoms with E-state index in [4.69, 9.17) is 0 Å². The second kappa shape index (κ2) is 5.99. The van der Waals surface area contributed by atoms with Crippen molar-refractivity contribution in [1.82, 2.24) is 20.4 Å². The molecule has 1 aromatic heterocycles. The van der Waals surface area contributed by atoms with Gasteiger partial charge in [0.05, 0.1) is 11.9 Å². The van der Waals surface area contributed by atoms with E-state index in [1.807, 2.05) is 41.2 Å². The smallest absolute Gasteiger partial charge is 0.315 e. The number of hydrogen-bond acceptors (Lipinski definition) is 2. The fraction of sp³-hybridized carbons (Fsp3) is 0.375. The van der Waals surface area contributed by atoms with Crippen LogP contribution in [0, 0.1) is 5.92 Å². The molecule has 21 heavy (non-hydrogen) atoms. The maximum Gasteiger partial charge on any atom is 0.315 e. The predicted octanol–water partition coefficient (Wildman–Crippen LogP) is 2.47. The monoisotopic (exact) mass is 284 g/mol. The van der Waals surface area contributed by atoms with Crippen molar-refractivity contribution in [2.45, 2.75) is 32.4 Å². The molecular formula is C16H20N4O. The first-order valence-corrected chi connectivity index (χ1v) is 7.36. The first-order valence-electron chi connectivity index (χ1n) is 7.36. The molecule has 2 N–H and O–H groups in total. The van der Waals surface area contributed by atoms with Crippen LogP contribution in [-0.4, -0.2) is 21.9 Å². The molecule has 0 aliphatic heterocycles. The maximum atomic E-state index is 11.8. The number of rotatable bonds is 5. The quantitative estimate of drug-likeness (QED) is 0.886. The molecule has 1 aliphatic carbocycles. The number of para-hydroxylation sites is 1. The van der Waals surface area contributed by atoms with Gasteiger partial charge in [0, 0.05) is 24.3 Å². The molecule has 1 aliphatic rings. The molecule has 1 heterocycles. The first-order chi connectivity index (χ1) is 10.2. The number of aromatic nitrogens is 2. The summed E-state index contributed by atoms with van der Waals surface area (Å²) < 4.78 is 1.81. The van der Waals surface area contributed by atoms with E-state index in [-0.39, 0.29) is 12.1 Å².